The third-order valence-electron chi connectivity index (χ3n) is 2.20. The van der Waals surface area contributed by atoms with Crippen LogP contribution < -0.4 is 0 Å². The zero-order valence-corrected chi connectivity index (χ0v) is 8.04. The van der Waals surface area contributed by atoms with Crippen LogP contribution in [-0.2, 0) is 6.42 Å². The number of phenols is 1. The lowest BCUT2D eigenvalue weighted by molar-refractivity contribution is 0.314. The Bertz CT molecular complexity index is 281. The molecule has 2 nitrogen and oxygen atoms in total. The number of benzene rings is 1. The Labute approximate surface area is 78.8 Å². The number of rotatable bonds is 3. The molecule has 0 aromatic heterocycles. The summed E-state index contributed by atoms with van der Waals surface area (Å²) in [6.45, 7) is 3.90. The van der Waals surface area contributed by atoms with Gasteiger partial charge in [-0.25, -0.2) is 0 Å². The van der Waals surface area contributed by atoms with Crippen molar-refractivity contribution in [3.8, 4) is 5.75 Å². The zero-order valence-electron chi connectivity index (χ0n) is 8.04. The van der Waals surface area contributed by atoms with Crippen molar-refractivity contribution in [1.29, 1.82) is 0 Å². The van der Waals surface area contributed by atoms with Crippen molar-refractivity contribution >= 4 is 0 Å². The first-order valence-corrected chi connectivity index (χ1v) is 4.45. The summed E-state index contributed by atoms with van der Waals surface area (Å²) in [5.41, 5.74) is 1.87. The van der Waals surface area contributed by atoms with Crippen molar-refractivity contribution in [2.45, 2.75) is 20.3 Å². The third-order valence-corrected chi connectivity index (χ3v) is 2.20. The van der Waals surface area contributed by atoms with Crippen LogP contribution >= 0.6 is 0 Å². The molecule has 0 amide bonds. The second-order valence-corrected chi connectivity index (χ2v) is 3.10. The molecule has 0 aliphatic carbocycles. The molecule has 0 aliphatic heterocycles. The highest BCUT2D eigenvalue weighted by Crippen LogP contribution is 2.26. The third kappa shape index (κ3) is 2.01. The number of hydrogen-bond donors (Lipinski definition) is 2. The average Bonchev–Trinajstić information content (AvgIpc) is 2.16. The minimum Gasteiger partial charge on any atom is -0.508 e. The molecule has 1 rings (SSSR count). The topological polar surface area (TPSA) is 40.5 Å². The molecule has 0 fully saturated rings. The van der Waals surface area contributed by atoms with E-state index in [9.17, 15) is 5.11 Å². The molecule has 0 heterocycles. The standard InChI is InChI=1S/C11H15O2/c1-3-9-10(8(2)7-12)5-4-6-11(9)13/h4-6,12-13H,3,7H2,1-2H3. The van der Waals surface area contributed by atoms with E-state index in [0.29, 0.717) is 5.75 Å². The van der Waals surface area contributed by atoms with E-state index in [-0.39, 0.29) is 6.61 Å². The summed E-state index contributed by atoms with van der Waals surface area (Å²) in [5.74, 6) is 1.21. The number of aliphatic hydroxyl groups excluding tert-OH is 1. The lowest BCUT2D eigenvalue weighted by Gasteiger charge is -2.13. The van der Waals surface area contributed by atoms with Gasteiger partial charge in [-0.2, -0.15) is 0 Å². The van der Waals surface area contributed by atoms with Gasteiger partial charge in [0, 0.05) is 5.92 Å². The first kappa shape index (κ1) is 10.1. The maximum absolute atomic E-state index is 9.54. The molecule has 0 spiro atoms. The minimum atomic E-state index is 0.0381. The maximum Gasteiger partial charge on any atom is 0.119 e. The summed E-state index contributed by atoms with van der Waals surface area (Å²) in [4.78, 5) is 0. The Morgan fingerprint density at radius 1 is 1.38 bits per heavy atom. The number of hydrogen-bond acceptors (Lipinski definition) is 2. The van der Waals surface area contributed by atoms with Crippen molar-refractivity contribution in [1.82, 2.24) is 0 Å². The molecule has 1 aromatic carbocycles. The fraction of sp³-hybridized carbons (Fsp3) is 0.364. The highest BCUT2D eigenvalue weighted by atomic mass is 16.3. The molecular weight excluding hydrogens is 164 g/mol. The SMILES string of the molecule is CCc1c(O)cccc1[C](C)CO. The molecule has 13 heavy (non-hydrogen) atoms. The van der Waals surface area contributed by atoms with Gasteiger partial charge in [0.15, 0.2) is 0 Å². The number of phenolic OH excluding ortho intramolecular Hbond substituents is 1. The second-order valence-electron chi connectivity index (χ2n) is 3.10. The van der Waals surface area contributed by atoms with E-state index in [1.165, 1.54) is 0 Å². The van der Waals surface area contributed by atoms with Gasteiger partial charge in [0.25, 0.3) is 0 Å². The first-order chi connectivity index (χ1) is 6.20. The molecular formula is C11H15O2. The van der Waals surface area contributed by atoms with Gasteiger partial charge in [0.05, 0.1) is 6.61 Å². The van der Waals surface area contributed by atoms with Crippen LogP contribution in [0, 0.1) is 5.92 Å². The van der Waals surface area contributed by atoms with Crippen molar-refractivity contribution in [2.24, 2.45) is 0 Å². The van der Waals surface area contributed by atoms with Crippen LogP contribution in [0.2, 0.25) is 0 Å². The van der Waals surface area contributed by atoms with Crippen LogP contribution in [0.3, 0.4) is 0 Å². The fourth-order valence-electron chi connectivity index (χ4n) is 1.43. The van der Waals surface area contributed by atoms with Crippen LogP contribution in [0.5, 0.6) is 5.75 Å². The van der Waals surface area contributed by atoms with Crippen molar-refractivity contribution < 1.29 is 10.2 Å². The van der Waals surface area contributed by atoms with Gasteiger partial charge in [-0.1, -0.05) is 26.0 Å². The van der Waals surface area contributed by atoms with E-state index in [4.69, 9.17) is 5.11 Å². The molecule has 0 unspecified atom stereocenters. The molecule has 0 atom stereocenters. The average molecular weight is 179 g/mol. The Balaban J connectivity index is 3.12. The quantitative estimate of drug-likeness (QED) is 0.743. The number of aliphatic hydroxyl groups is 1. The van der Waals surface area contributed by atoms with Crippen LogP contribution in [-0.4, -0.2) is 16.8 Å². The molecule has 1 radical (unpaired) electrons. The first-order valence-electron chi connectivity index (χ1n) is 4.45. The van der Waals surface area contributed by atoms with Crippen LogP contribution in [0.15, 0.2) is 18.2 Å². The number of aromatic hydroxyl groups is 1. The van der Waals surface area contributed by atoms with E-state index >= 15 is 0 Å². The van der Waals surface area contributed by atoms with E-state index < -0.39 is 0 Å². The molecule has 1 aromatic rings. The Morgan fingerprint density at radius 2 is 2.08 bits per heavy atom. The normalized spacial score (nSPS) is 10.8. The second kappa shape index (κ2) is 4.28. The molecule has 0 saturated heterocycles. The summed E-state index contributed by atoms with van der Waals surface area (Å²) < 4.78 is 0. The Kier molecular flexibility index (Phi) is 3.32. The summed E-state index contributed by atoms with van der Waals surface area (Å²) in [7, 11) is 0. The van der Waals surface area contributed by atoms with Crippen LogP contribution in [0.4, 0.5) is 0 Å². The molecule has 0 aliphatic rings. The monoisotopic (exact) mass is 179 g/mol. The lowest BCUT2D eigenvalue weighted by atomic mass is 9.94. The molecule has 0 saturated carbocycles. The fourth-order valence-corrected chi connectivity index (χ4v) is 1.43. The predicted octanol–water partition coefficient (Wildman–Crippen LogP) is 1.89. The molecule has 71 valence electrons. The predicted molar refractivity (Wildman–Crippen MR) is 52.6 cm³/mol. The van der Waals surface area contributed by atoms with Gasteiger partial charge in [-0.05, 0) is 23.6 Å². The van der Waals surface area contributed by atoms with Gasteiger partial charge in [0.1, 0.15) is 5.75 Å². The maximum atomic E-state index is 9.54. The van der Waals surface area contributed by atoms with E-state index in [0.717, 1.165) is 23.5 Å². The van der Waals surface area contributed by atoms with Crippen molar-refractivity contribution in [3.63, 3.8) is 0 Å². The molecule has 2 N–H and O–H groups in total. The van der Waals surface area contributed by atoms with Gasteiger partial charge < -0.3 is 10.2 Å². The highest BCUT2D eigenvalue weighted by molar-refractivity contribution is 5.45. The smallest absolute Gasteiger partial charge is 0.119 e. The Morgan fingerprint density at radius 3 is 2.62 bits per heavy atom. The zero-order chi connectivity index (χ0) is 9.84. The summed E-state index contributed by atoms with van der Waals surface area (Å²) in [6.07, 6.45) is 0.777. The Hall–Kier alpha value is -1.02. The summed E-state index contributed by atoms with van der Waals surface area (Å²) in [6, 6.07) is 5.39. The highest BCUT2D eigenvalue weighted by Gasteiger charge is 2.11. The van der Waals surface area contributed by atoms with Crippen LogP contribution in [0.1, 0.15) is 25.0 Å². The van der Waals surface area contributed by atoms with Gasteiger partial charge in [-0.15, -0.1) is 0 Å². The molecule has 2 heteroatoms. The van der Waals surface area contributed by atoms with Gasteiger partial charge >= 0.3 is 0 Å². The van der Waals surface area contributed by atoms with Crippen LogP contribution in [0.25, 0.3) is 0 Å². The van der Waals surface area contributed by atoms with E-state index in [2.05, 4.69) is 0 Å². The lowest BCUT2D eigenvalue weighted by Crippen LogP contribution is -2.03. The molecule has 0 bridgehead atoms. The minimum absolute atomic E-state index is 0.0381. The van der Waals surface area contributed by atoms with Crippen molar-refractivity contribution in [3.05, 3.63) is 35.2 Å². The van der Waals surface area contributed by atoms with Gasteiger partial charge in [0.2, 0.25) is 0 Å². The largest absolute Gasteiger partial charge is 0.508 e. The van der Waals surface area contributed by atoms with Gasteiger partial charge in [-0.3, -0.25) is 0 Å². The van der Waals surface area contributed by atoms with Crippen molar-refractivity contribution in [2.75, 3.05) is 6.61 Å². The summed E-state index contributed by atoms with van der Waals surface area (Å²) >= 11 is 0. The van der Waals surface area contributed by atoms with E-state index in [1.54, 1.807) is 12.1 Å². The van der Waals surface area contributed by atoms with E-state index in [1.807, 2.05) is 19.9 Å². The summed E-state index contributed by atoms with van der Waals surface area (Å²) in [5, 5.41) is 18.5.